The number of aliphatic carboxylic acids is 1. The van der Waals surface area contributed by atoms with Gasteiger partial charge in [0.1, 0.15) is 11.3 Å². The fourth-order valence-electron chi connectivity index (χ4n) is 2.72. The monoisotopic (exact) mass is 360 g/mol. The van der Waals surface area contributed by atoms with Crippen LogP contribution >= 0.6 is 0 Å². The Bertz CT molecular complexity index is 883. The number of benzene rings is 1. The maximum atomic E-state index is 12.1. The summed E-state index contributed by atoms with van der Waals surface area (Å²) in [5, 5.41) is 14.1. The van der Waals surface area contributed by atoms with Crippen molar-refractivity contribution in [2.45, 2.75) is 40.2 Å². The van der Waals surface area contributed by atoms with E-state index in [1.54, 1.807) is 26.0 Å². The number of carbonyl (C=O) groups is 2. The summed E-state index contributed by atoms with van der Waals surface area (Å²) in [6.07, 6.45) is 0.591. The zero-order valence-electron chi connectivity index (χ0n) is 15.3. The zero-order valence-corrected chi connectivity index (χ0v) is 15.3. The molecule has 7 heteroatoms. The van der Waals surface area contributed by atoms with Gasteiger partial charge in [-0.3, -0.25) is 4.79 Å². The molecule has 0 aliphatic rings. The molecular weight excluding hydrogens is 338 g/mol. The van der Waals surface area contributed by atoms with Crippen LogP contribution in [0.15, 0.2) is 27.4 Å². The number of carboxylic acid groups (broad SMARTS) is 1. The number of hydrogen-bond acceptors (Lipinski definition) is 6. The summed E-state index contributed by atoms with van der Waals surface area (Å²) in [5.74, 6) is -1.82. The second-order valence-electron chi connectivity index (χ2n) is 6.48. The predicted molar refractivity (Wildman–Crippen MR) is 93.9 cm³/mol. The smallest absolute Gasteiger partial charge is 0.336 e. The summed E-state index contributed by atoms with van der Waals surface area (Å²) in [6.45, 7) is 6.70. The molecule has 26 heavy (non-hydrogen) atoms. The van der Waals surface area contributed by atoms with E-state index in [0.717, 1.165) is 11.1 Å². The van der Waals surface area contributed by atoms with Crippen molar-refractivity contribution in [1.82, 2.24) is 5.32 Å². The maximum absolute atomic E-state index is 12.1. The topological polar surface area (TPSA) is 109 Å². The summed E-state index contributed by atoms with van der Waals surface area (Å²) < 4.78 is 10.9. The van der Waals surface area contributed by atoms with E-state index in [4.69, 9.17) is 9.15 Å². The molecule has 0 saturated heterocycles. The van der Waals surface area contributed by atoms with Crippen LogP contribution in [0.2, 0.25) is 0 Å². The van der Waals surface area contributed by atoms with E-state index < -0.39 is 23.5 Å². The van der Waals surface area contributed by atoms with Crippen LogP contribution in [0.4, 0.5) is 0 Å². The number of carbonyl (C=O) groups excluding carboxylic acids is 2. The van der Waals surface area contributed by atoms with Gasteiger partial charge in [0.25, 0.3) is 5.91 Å². The van der Waals surface area contributed by atoms with Crippen molar-refractivity contribution in [1.29, 1.82) is 0 Å². The first kappa shape index (κ1) is 19.5. The van der Waals surface area contributed by atoms with Gasteiger partial charge >= 0.3 is 5.63 Å². The summed E-state index contributed by atoms with van der Waals surface area (Å²) in [4.78, 5) is 34.8. The van der Waals surface area contributed by atoms with E-state index in [9.17, 15) is 19.5 Å². The van der Waals surface area contributed by atoms with Crippen molar-refractivity contribution < 1.29 is 23.8 Å². The van der Waals surface area contributed by atoms with E-state index in [2.05, 4.69) is 5.32 Å². The Morgan fingerprint density at radius 3 is 2.54 bits per heavy atom. The predicted octanol–water partition coefficient (Wildman–Crippen LogP) is 0.933. The Balaban J connectivity index is 2.27. The van der Waals surface area contributed by atoms with E-state index in [0.29, 0.717) is 23.1 Å². The third-order valence-corrected chi connectivity index (χ3v) is 4.01. The Kier molecular flexibility index (Phi) is 6.02. The third kappa shape index (κ3) is 4.41. The van der Waals surface area contributed by atoms with Crippen molar-refractivity contribution in [3.63, 3.8) is 0 Å². The van der Waals surface area contributed by atoms with Gasteiger partial charge in [-0.05, 0) is 42.5 Å². The van der Waals surface area contributed by atoms with E-state index in [-0.39, 0.29) is 12.5 Å². The Morgan fingerprint density at radius 1 is 1.27 bits per heavy atom. The number of fused-ring (bicyclic) bond motifs is 1. The average Bonchev–Trinajstić information content (AvgIpc) is 2.55. The lowest BCUT2D eigenvalue weighted by molar-refractivity contribution is -0.309. The molecule has 1 heterocycles. The number of carboxylic acids is 1. The van der Waals surface area contributed by atoms with Gasteiger partial charge in [0, 0.05) is 6.07 Å². The molecule has 1 N–H and O–H groups in total. The maximum Gasteiger partial charge on any atom is 0.336 e. The SMILES string of the molecule is CCc1cc(=O)oc2cc(C)cc(OCC(=O)N[C@H](C(=O)[O-])C(C)C)c12. The minimum absolute atomic E-state index is 0.315. The molecule has 0 saturated carbocycles. The Hall–Kier alpha value is -2.83. The highest BCUT2D eigenvalue weighted by molar-refractivity contribution is 5.88. The van der Waals surface area contributed by atoms with Gasteiger partial charge in [-0.25, -0.2) is 4.79 Å². The molecule has 2 rings (SSSR count). The molecular formula is C19H22NO6-. The van der Waals surface area contributed by atoms with E-state index >= 15 is 0 Å². The second-order valence-corrected chi connectivity index (χ2v) is 6.48. The fourth-order valence-corrected chi connectivity index (χ4v) is 2.72. The van der Waals surface area contributed by atoms with Gasteiger partial charge in [0.15, 0.2) is 6.61 Å². The molecule has 0 fully saturated rings. The number of aryl methyl sites for hydroxylation is 2. The lowest BCUT2D eigenvalue weighted by Gasteiger charge is -2.23. The summed E-state index contributed by atoms with van der Waals surface area (Å²) in [6, 6.07) is 3.78. The van der Waals surface area contributed by atoms with Gasteiger partial charge in [0.05, 0.1) is 17.4 Å². The standard InChI is InChI=1S/C19H23NO6/c1-5-12-8-16(22)26-14-7-11(4)6-13(17(12)14)25-9-15(21)20-18(10(2)3)19(23)24/h6-8,10,18H,5,9H2,1-4H3,(H,20,21)(H,23,24)/p-1/t18-/m0/s1. The molecule has 0 radical (unpaired) electrons. The molecule has 1 aromatic carbocycles. The Labute approximate surface area is 151 Å². The number of ether oxygens (including phenoxy) is 1. The van der Waals surface area contributed by atoms with Crippen molar-refractivity contribution in [3.8, 4) is 5.75 Å². The summed E-state index contributed by atoms with van der Waals surface area (Å²) >= 11 is 0. The summed E-state index contributed by atoms with van der Waals surface area (Å²) in [5.41, 5.74) is 1.50. The van der Waals surface area contributed by atoms with Gasteiger partial charge in [-0.2, -0.15) is 0 Å². The molecule has 0 spiro atoms. The molecule has 0 aliphatic carbocycles. The van der Waals surface area contributed by atoms with Crippen molar-refractivity contribution >= 4 is 22.8 Å². The number of rotatable bonds is 7. The van der Waals surface area contributed by atoms with Crippen LogP contribution < -0.4 is 20.8 Å². The third-order valence-electron chi connectivity index (χ3n) is 4.01. The second kappa shape index (κ2) is 8.03. The molecule has 1 aromatic heterocycles. The highest BCUT2D eigenvalue weighted by atomic mass is 16.5. The van der Waals surface area contributed by atoms with E-state index in [1.165, 1.54) is 6.07 Å². The van der Waals surface area contributed by atoms with Crippen molar-refractivity contribution in [3.05, 3.63) is 39.7 Å². The van der Waals surface area contributed by atoms with Crippen LogP contribution in [0.1, 0.15) is 31.9 Å². The van der Waals surface area contributed by atoms with Crippen molar-refractivity contribution in [2.75, 3.05) is 6.61 Å². The van der Waals surface area contributed by atoms with Crippen LogP contribution in [0.3, 0.4) is 0 Å². The molecule has 0 bridgehead atoms. The fraction of sp³-hybridized carbons (Fsp3) is 0.421. The van der Waals surface area contributed by atoms with Gasteiger partial charge in [-0.1, -0.05) is 20.8 Å². The molecule has 1 amide bonds. The van der Waals surface area contributed by atoms with Gasteiger partial charge in [-0.15, -0.1) is 0 Å². The first-order valence-electron chi connectivity index (χ1n) is 8.43. The lowest BCUT2D eigenvalue weighted by atomic mass is 10.0. The normalized spacial score (nSPS) is 12.2. The minimum atomic E-state index is -1.34. The Morgan fingerprint density at radius 2 is 1.96 bits per heavy atom. The van der Waals surface area contributed by atoms with Crippen LogP contribution in [0.5, 0.6) is 5.75 Å². The average molecular weight is 360 g/mol. The van der Waals surface area contributed by atoms with Crippen LogP contribution in [0, 0.1) is 12.8 Å². The molecule has 7 nitrogen and oxygen atoms in total. The van der Waals surface area contributed by atoms with Gasteiger partial charge < -0.3 is 24.4 Å². The van der Waals surface area contributed by atoms with Gasteiger partial charge in [0.2, 0.25) is 0 Å². The largest absolute Gasteiger partial charge is 0.548 e. The van der Waals surface area contributed by atoms with E-state index in [1.807, 2.05) is 13.8 Å². The first-order valence-corrected chi connectivity index (χ1v) is 8.43. The van der Waals surface area contributed by atoms with Crippen LogP contribution in [0.25, 0.3) is 11.0 Å². The zero-order chi connectivity index (χ0) is 19.4. The minimum Gasteiger partial charge on any atom is -0.548 e. The number of amides is 1. The van der Waals surface area contributed by atoms with Crippen LogP contribution in [-0.4, -0.2) is 24.5 Å². The first-order chi connectivity index (χ1) is 12.2. The molecule has 1 atom stereocenters. The number of nitrogens with one attached hydrogen (secondary N) is 1. The molecule has 0 unspecified atom stereocenters. The summed E-state index contributed by atoms with van der Waals surface area (Å²) in [7, 11) is 0. The quantitative estimate of drug-likeness (QED) is 0.736. The van der Waals surface area contributed by atoms with Crippen LogP contribution in [-0.2, 0) is 16.0 Å². The van der Waals surface area contributed by atoms with Crippen molar-refractivity contribution in [2.24, 2.45) is 5.92 Å². The molecule has 0 aliphatic heterocycles. The highest BCUT2D eigenvalue weighted by Crippen LogP contribution is 2.30. The lowest BCUT2D eigenvalue weighted by Crippen LogP contribution is -2.51. The number of hydrogen-bond donors (Lipinski definition) is 1. The molecule has 2 aromatic rings. The molecule has 140 valence electrons. The highest BCUT2D eigenvalue weighted by Gasteiger charge is 2.18.